The Bertz CT molecular complexity index is 483. The van der Waals surface area contributed by atoms with Crippen molar-refractivity contribution in [1.29, 1.82) is 0 Å². The van der Waals surface area contributed by atoms with Gasteiger partial charge in [0, 0.05) is 5.75 Å². The van der Waals surface area contributed by atoms with Crippen molar-refractivity contribution < 1.29 is 10.2 Å². The Labute approximate surface area is 102 Å². The smallest absolute Gasteiger partial charge is 0.214 e. The first kappa shape index (κ1) is 11.9. The normalized spacial score (nSPS) is 12.6. The van der Waals surface area contributed by atoms with Gasteiger partial charge in [0.25, 0.3) is 0 Å². The number of benzene rings is 1. The fourth-order valence-corrected chi connectivity index (χ4v) is 1.97. The maximum absolute atomic E-state index is 9.22. The highest BCUT2D eigenvalue weighted by molar-refractivity contribution is 7.99. The number of rotatable bonds is 4. The summed E-state index contributed by atoms with van der Waals surface area (Å²) in [4.78, 5) is 0. The lowest BCUT2D eigenvalue weighted by Crippen LogP contribution is -2.05. The molecule has 90 valence electrons. The first-order valence-corrected chi connectivity index (χ1v) is 6.04. The van der Waals surface area contributed by atoms with E-state index in [1.165, 1.54) is 11.8 Å². The molecular formula is C10H12N4O2S. The van der Waals surface area contributed by atoms with Crippen LogP contribution >= 0.6 is 11.8 Å². The van der Waals surface area contributed by atoms with Crippen molar-refractivity contribution in [3.05, 3.63) is 24.3 Å². The van der Waals surface area contributed by atoms with E-state index in [-0.39, 0.29) is 5.75 Å². The van der Waals surface area contributed by atoms with Crippen molar-refractivity contribution in [2.24, 2.45) is 0 Å². The van der Waals surface area contributed by atoms with Gasteiger partial charge in [-0.05, 0) is 41.6 Å². The molecule has 0 unspecified atom stereocenters. The van der Waals surface area contributed by atoms with Crippen LogP contribution in [0, 0.1) is 0 Å². The summed E-state index contributed by atoms with van der Waals surface area (Å²) in [5.41, 5.74) is 0.765. The highest BCUT2D eigenvalue weighted by atomic mass is 32.2. The van der Waals surface area contributed by atoms with Crippen molar-refractivity contribution in [3.8, 4) is 11.4 Å². The molecule has 0 aliphatic carbocycles. The number of aliphatic hydroxyl groups excluding tert-OH is 1. The lowest BCUT2D eigenvalue weighted by molar-refractivity contribution is 0.220. The molecule has 0 saturated heterocycles. The maximum atomic E-state index is 9.22. The second kappa shape index (κ2) is 5.15. The van der Waals surface area contributed by atoms with Gasteiger partial charge in [-0.1, -0.05) is 11.8 Å². The van der Waals surface area contributed by atoms with Gasteiger partial charge in [0.15, 0.2) is 0 Å². The summed E-state index contributed by atoms with van der Waals surface area (Å²) in [6.45, 7) is 1.71. The van der Waals surface area contributed by atoms with E-state index in [9.17, 15) is 10.2 Å². The Balaban J connectivity index is 2.21. The Morgan fingerprint density at radius 3 is 2.71 bits per heavy atom. The van der Waals surface area contributed by atoms with E-state index in [1.807, 2.05) is 0 Å². The number of aromatic nitrogens is 4. The minimum atomic E-state index is -0.412. The summed E-state index contributed by atoms with van der Waals surface area (Å²) in [7, 11) is 0. The van der Waals surface area contributed by atoms with Gasteiger partial charge >= 0.3 is 0 Å². The summed E-state index contributed by atoms with van der Waals surface area (Å²) in [5, 5.41) is 30.4. The molecule has 0 radical (unpaired) electrons. The Morgan fingerprint density at radius 1 is 1.35 bits per heavy atom. The number of thioether (sulfide) groups is 1. The quantitative estimate of drug-likeness (QED) is 0.784. The van der Waals surface area contributed by atoms with Gasteiger partial charge in [0.1, 0.15) is 5.75 Å². The predicted molar refractivity (Wildman–Crippen MR) is 63.2 cm³/mol. The fourth-order valence-electron chi connectivity index (χ4n) is 1.22. The van der Waals surface area contributed by atoms with Crippen molar-refractivity contribution in [1.82, 2.24) is 20.2 Å². The Hall–Kier alpha value is -1.60. The van der Waals surface area contributed by atoms with Gasteiger partial charge in [0.05, 0.1) is 11.8 Å². The van der Waals surface area contributed by atoms with Crippen molar-refractivity contribution in [2.75, 3.05) is 5.75 Å². The third-order valence-corrected chi connectivity index (χ3v) is 3.15. The number of phenols is 1. The zero-order valence-electron chi connectivity index (χ0n) is 9.19. The Kier molecular flexibility index (Phi) is 3.60. The predicted octanol–water partition coefficient (Wildman–Crippen LogP) is 0.841. The number of aromatic hydroxyl groups is 1. The molecule has 0 saturated carbocycles. The summed E-state index contributed by atoms with van der Waals surface area (Å²) < 4.78 is 1.56. The first-order valence-electron chi connectivity index (χ1n) is 5.05. The average molecular weight is 252 g/mol. The number of nitrogens with zero attached hydrogens (tertiary/aromatic N) is 4. The maximum Gasteiger partial charge on any atom is 0.214 e. The molecule has 0 spiro atoms. The van der Waals surface area contributed by atoms with Crippen LogP contribution in [0.3, 0.4) is 0 Å². The van der Waals surface area contributed by atoms with Gasteiger partial charge in [0.2, 0.25) is 5.16 Å². The molecule has 17 heavy (non-hydrogen) atoms. The minimum Gasteiger partial charge on any atom is -0.508 e. The number of tetrazole rings is 1. The highest BCUT2D eigenvalue weighted by Crippen LogP contribution is 2.20. The van der Waals surface area contributed by atoms with Crippen LogP contribution < -0.4 is 0 Å². The molecule has 1 aromatic carbocycles. The zero-order valence-corrected chi connectivity index (χ0v) is 10.0. The third kappa shape index (κ3) is 2.95. The second-order valence-corrected chi connectivity index (χ2v) is 4.54. The van der Waals surface area contributed by atoms with Crippen LogP contribution in [0.4, 0.5) is 0 Å². The molecule has 0 aliphatic heterocycles. The van der Waals surface area contributed by atoms with Crippen LogP contribution in [0.15, 0.2) is 29.4 Å². The van der Waals surface area contributed by atoms with Crippen LogP contribution in [-0.2, 0) is 0 Å². The zero-order chi connectivity index (χ0) is 12.3. The summed E-state index contributed by atoms with van der Waals surface area (Å²) in [6, 6.07) is 6.58. The van der Waals surface area contributed by atoms with Gasteiger partial charge in [-0.2, -0.15) is 4.68 Å². The number of phenolic OH excluding ortho intramolecular Hbond substituents is 1. The van der Waals surface area contributed by atoms with E-state index in [2.05, 4.69) is 15.5 Å². The van der Waals surface area contributed by atoms with Gasteiger partial charge < -0.3 is 10.2 Å². The monoisotopic (exact) mass is 252 g/mol. The molecule has 1 heterocycles. The van der Waals surface area contributed by atoms with Crippen LogP contribution in [0.1, 0.15) is 6.92 Å². The highest BCUT2D eigenvalue weighted by Gasteiger charge is 2.09. The third-order valence-electron chi connectivity index (χ3n) is 1.99. The lowest BCUT2D eigenvalue weighted by Gasteiger charge is -2.05. The van der Waals surface area contributed by atoms with Crippen molar-refractivity contribution in [3.63, 3.8) is 0 Å². The van der Waals surface area contributed by atoms with E-state index < -0.39 is 6.10 Å². The van der Waals surface area contributed by atoms with Crippen molar-refractivity contribution >= 4 is 11.8 Å². The number of aliphatic hydroxyl groups is 1. The summed E-state index contributed by atoms with van der Waals surface area (Å²) in [6.07, 6.45) is -0.412. The number of hydrogen-bond acceptors (Lipinski definition) is 6. The van der Waals surface area contributed by atoms with Gasteiger partial charge in [-0.25, -0.2) is 0 Å². The average Bonchev–Trinajstić information content (AvgIpc) is 2.75. The van der Waals surface area contributed by atoms with E-state index >= 15 is 0 Å². The summed E-state index contributed by atoms with van der Waals surface area (Å²) in [5.74, 6) is 0.721. The van der Waals surface area contributed by atoms with Crippen LogP contribution in [0.25, 0.3) is 5.69 Å². The minimum absolute atomic E-state index is 0.194. The van der Waals surface area contributed by atoms with E-state index in [4.69, 9.17) is 0 Å². The van der Waals surface area contributed by atoms with Crippen LogP contribution in [0.2, 0.25) is 0 Å². The lowest BCUT2D eigenvalue weighted by atomic mass is 10.3. The standard InChI is InChI=1S/C10H12N4O2S/c1-7(15)6-17-10-11-12-13-14(10)8-2-4-9(16)5-3-8/h2-5,7,15-16H,6H2,1H3/t7-/m1/s1. The molecular weight excluding hydrogens is 240 g/mol. The van der Waals surface area contributed by atoms with Crippen LogP contribution in [-0.4, -0.2) is 42.3 Å². The van der Waals surface area contributed by atoms with E-state index in [1.54, 1.807) is 35.9 Å². The number of hydrogen-bond donors (Lipinski definition) is 2. The molecule has 0 fully saturated rings. The molecule has 2 aromatic rings. The van der Waals surface area contributed by atoms with Crippen LogP contribution in [0.5, 0.6) is 5.75 Å². The molecule has 0 bridgehead atoms. The molecule has 0 aliphatic rings. The Morgan fingerprint density at radius 2 is 2.06 bits per heavy atom. The molecule has 1 atom stereocenters. The van der Waals surface area contributed by atoms with Gasteiger partial charge in [-0.3, -0.25) is 0 Å². The van der Waals surface area contributed by atoms with Crippen molar-refractivity contribution in [2.45, 2.75) is 18.2 Å². The first-order chi connectivity index (χ1) is 8.16. The van der Waals surface area contributed by atoms with Gasteiger partial charge in [-0.15, -0.1) is 5.10 Å². The molecule has 1 aromatic heterocycles. The second-order valence-electron chi connectivity index (χ2n) is 3.55. The molecule has 6 nitrogen and oxygen atoms in total. The molecule has 2 N–H and O–H groups in total. The fraction of sp³-hybridized carbons (Fsp3) is 0.300. The largest absolute Gasteiger partial charge is 0.508 e. The molecule has 7 heteroatoms. The van der Waals surface area contributed by atoms with E-state index in [0.29, 0.717) is 10.9 Å². The molecule has 0 amide bonds. The summed E-state index contributed by atoms with van der Waals surface area (Å²) >= 11 is 1.38. The van der Waals surface area contributed by atoms with E-state index in [0.717, 1.165) is 5.69 Å². The molecule has 2 rings (SSSR count). The SMILES string of the molecule is C[C@@H](O)CSc1nnnn1-c1ccc(O)cc1. The topological polar surface area (TPSA) is 84.1 Å².